The Kier molecular flexibility index (Phi) is 3.47. The van der Waals surface area contributed by atoms with E-state index in [1.807, 2.05) is 26.0 Å². The quantitative estimate of drug-likeness (QED) is 0.664. The van der Waals surface area contributed by atoms with Crippen molar-refractivity contribution in [2.75, 3.05) is 0 Å². The van der Waals surface area contributed by atoms with E-state index in [0.717, 1.165) is 36.0 Å². The molecule has 1 aromatic carbocycles. The number of rotatable bonds is 3. The van der Waals surface area contributed by atoms with Gasteiger partial charge in [0.1, 0.15) is 5.82 Å². The van der Waals surface area contributed by atoms with Crippen molar-refractivity contribution >= 4 is 0 Å². The summed E-state index contributed by atoms with van der Waals surface area (Å²) in [5.41, 5.74) is 2.75. The van der Waals surface area contributed by atoms with Gasteiger partial charge in [-0.1, -0.05) is 25.5 Å². The van der Waals surface area contributed by atoms with Gasteiger partial charge in [0.15, 0.2) is 0 Å². The van der Waals surface area contributed by atoms with Gasteiger partial charge in [-0.2, -0.15) is 0 Å². The van der Waals surface area contributed by atoms with Crippen LogP contribution in [0.3, 0.4) is 0 Å². The van der Waals surface area contributed by atoms with Gasteiger partial charge < -0.3 is 0 Å². The molecular formula is C12H17F. The van der Waals surface area contributed by atoms with Crippen LogP contribution < -0.4 is 0 Å². The molecule has 0 heterocycles. The summed E-state index contributed by atoms with van der Waals surface area (Å²) in [5.74, 6) is -0.00606. The normalized spacial score (nSPS) is 10.5. The number of halogens is 1. The lowest BCUT2D eigenvalue weighted by molar-refractivity contribution is 0.592. The molecule has 0 amide bonds. The average molecular weight is 180 g/mol. The van der Waals surface area contributed by atoms with Gasteiger partial charge >= 0.3 is 0 Å². The molecule has 0 aliphatic heterocycles. The third-order valence-corrected chi connectivity index (χ3v) is 2.45. The van der Waals surface area contributed by atoms with E-state index < -0.39 is 0 Å². The van der Waals surface area contributed by atoms with Crippen LogP contribution in [0.4, 0.5) is 4.39 Å². The predicted octanol–water partition coefficient (Wildman–Crippen LogP) is 3.79. The maximum atomic E-state index is 13.6. The lowest BCUT2D eigenvalue weighted by atomic mass is 10.00. The monoisotopic (exact) mass is 180 g/mol. The smallest absolute Gasteiger partial charge is 0.129 e. The predicted molar refractivity (Wildman–Crippen MR) is 54.5 cm³/mol. The van der Waals surface area contributed by atoms with E-state index in [2.05, 4.69) is 6.92 Å². The molecule has 0 bridgehead atoms. The third kappa shape index (κ3) is 2.30. The van der Waals surface area contributed by atoms with Crippen molar-refractivity contribution in [3.8, 4) is 0 Å². The van der Waals surface area contributed by atoms with Crippen LogP contribution >= 0.6 is 0 Å². The van der Waals surface area contributed by atoms with E-state index in [1.54, 1.807) is 0 Å². The number of hydrogen-bond donors (Lipinski definition) is 0. The van der Waals surface area contributed by atoms with Crippen molar-refractivity contribution in [3.05, 3.63) is 34.6 Å². The zero-order valence-electron chi connectivity index (χ0n) is 8.65. The van der Waals surface area contributed by atoms with E-state index in [9.17, 15) is 4.39 Å². The maximum Gasteiger partial charge on any atom is 0.129 e. The Balaban J connectivity index is 2.96. The zero-order chi connectivity index (χ0) is 9.84. The van der Waals surface area contributed by atoms with Crippen molar-refractivity contribution in [3.63, 3.8) is 0 Å². The first kappa shape index (κ1) is 10.2. The number of hydrogen-bond acceptors (Lipinski definition) is 0. The van der Waals surface area contributed by atoms with E-state index in [-0.39, 0.29) is 5.82 Å². The Labute approximate surface area is 79.8 Å². The highest BCUT2D eigenvalue weighted by Gasteiger charge is 2.07. The Bertz CT molecular complexity index is 289. The van der Waals surface area contributed by atoms with Gasteiger partial charge in [-0.05, 0) is 43.4 Å². The molecular weight excluding hydrogens is 163 g/mol. The highest BCUT2D eigenvalue weighted by molar-refractivity contribution is 5.32. The molecule has 0 aliphatic rings. The molecule has 13 heavy (non-hydrogen) atoms. The minimum Gasteiger partial charge on any atom is -0.206 e. The molecule has 0 atom stereocenters. The molecule has 0 aromatic heterocycles. The standard InChI is InChI=1S/C12H17F/c1-4-5-6-11-9(2)7-8-10(3)12(11)13/h7-8H,4-6H2,1-3H3. The maximum absolute atomic E-state index is 13.6. The Morgan fingerprint density at radius 1 is 1.15 bits per heavy atom. The molecule has 1 heteroatoms. The Hall–Kier alpha value is -0.850. The summed E-state index contributed by atoms with van der Waals surface area (Å²) in [6.07, 6.45) is 3.06. The lowest BCUT2D eigenvalue weighted by Crippen LogP contribution is -1.97. The fourth-order valence-corrected chi connectivity index (χ4v) is 1.50. The first-order chi connectivity index (χ1) is 6.16. The first-order valence-corrected chi connectivity index (χ1v) is 4.91. The second-order valence-electron chi connectivity index (χ2n) is 3.60. The summed E-state index contributed by atoms with van der Waals surface area (Å²) in [7, 11) is 0. The molecule has 0 unspecified atom stereocenters. The minimum atomic E-state index is -0.00606. The Morgan fingerprint density at radius 2 is 1.77 bits per heavy atom. The van der Waals surface area contributed by atoms with Gasteiger partial charge in [-0.25, -0.2) is 4.39 Å². The third-order valence-electron chi connectivity index (χ3n) is 2.45. The van der Waals surface area contributed by atoms with Crippen LogP contribution in [0.25, 0.3) is 0 Å². The fourth-order valence-electron chi connectivity index (χ4n) is 1.50. The van der Waals surface area contributed by atoms with Crippen LogP contribution in [-0.4, -0.2) is 0 Å². The summed E-state index contributed by atoms with van der Waals surface area (Å²) in [6.45, 7) is 5.93. The summed E-state index contributed by atoms with van der Waals surface area (Å²) >= 11 is 0. The SMILES string of the molecule is CCCCc1c(C)ccc(C)c1F. The van der Waals surface area contributed by atoms with Crippen molar-refractivity contribution in [2.24, 2.45) is 0 Å². The molecule has 0 saturated heterocycles. The summed E-state index contributed by atoms with van der Waals surface area (Å²) in [4.78, 5) is 0. The van der Waals surface area contributed by atoms with E-state index in [1.165, 1.54) is 0 Å². The van der Waals surface area contributed by atoms with E-state index in [0.29, 0.717) is 0 Å². The molecule has 0 spiro atoms. The molecule has 0 N–H and O–H groups in total. The highest BCUT2D eigenvalue weighted by atomic mass is 19.1. The molecule has 0 saturated carbocycles. The van der Waals surface area contributed by atoms with Crippen molar-refractivity contribution in [1.29, 1.82) is 0 Å². The lowest BCUT2D eigenvalue weighted by Gasteiger charge is -2.08. The summed E-state index contributed by atoms with van der Waals surface area (Å²) in [6, 6.07) is 3.85. The molecule has 1 rings (SSSR count). The van der Waals surface area contributed by atoms with Gasteiger partial charge in [0.2, 0.25) is 0 Å². The van der Waals surface area contributed by atoms with Crippen molar-refractivity contribution in [2.45, 2.75) is 40.0 Å². The topological polar surface area (TPSA) is 0 Å². The largest absolute Gasteiger partial charge is 0.206 e. The minimum absolute atomic E-state index is 0.00606. The van der Waals surface area contributed by atoms with Gasteiger partial charge in [0.25, 0.3) is 0 Å². The molecule has 1 aromatic rings. The second-order valence-corrected chi connectivity index (χ2v) is 3.60. The van der Waals surface area contributed by atoms with Crippen LogP contribution in [0.15, 0.2) is 12.1 Å². The van der Waals surface area contributed by atoms with Crippen LogP contribution in [-0.2, 0) is 6.42 Å². The molecule has 0 aliphatic carbocycles. The zero-order valence-corrected chi connectivity index (χ0v) is 8.65. The molecule has 0 nitrogen and oxygen atoms in total. The highest BCUT2D eigenvalue weighted by Crippen LogP contribution is 2.18. The van der Waals surface area contributed by atoms with Crippen LogP contribution in [0.1, 0.15) is 36.5 Å². The Morgan fingerprint density at radius 3 is 2.38 bits per heavy atom. The van der Waals surface area contributed by atoms with Gasteiger partial charge in [0, 0.05) is 0 Å². The molecule has 0 fully saturated rings. The van der Waals surface area contributed by atoms with Crippen LogP contribution in [0.2, 0.25) is 0 Å². The molecule has 0 radical (unpaired) electrons. The number of benzene rings is 1. The average Bonchev–Trinajstić information content (AvgIpc) is 2.12. The van der Waals surface area contributed by atoms with Gasteiger partial charge in [0.05, 0.1) is 0 Å². The van der Waals surface area contributed by atoms with Crippen molar-refractivity contribution < 1.29 is 4.39 Å². The van der Waals surface area contributed by atoms with E-state index >= 15 is 0 Å². The second kappa shape index (κ2) is 4.40. The van der Waals surface area contributed by atoms with Gasteiger partial charge in [-0.15, -0.1) is 0 Å². The first-order valence-electron chi connectivity index (χ1n) is 4.91. The van der Waals surface area contributed by atoms with Crippen molar-refractivity contribution in [1.82, 2.24) is 0 Å². The van der Waals surface area contributed by atoms with Gasteiger partial charge in [-0.3, -0.25) is 0 Å². The summed E-state index contributed by atoms with van der Waals surface area (Å²) < 4.78 is 13.6. The number of unbranched alkanes of at least 4 members (excludes halogenated alkanes) is 1. The number of aryl methyl sites for hydroxylation is 2. The summed E-state index contributed by atoms with van der Waals surface area (Å²) in [5, 5.41) is 0. The van der Waals surface area contributed by atoms with E-state index in [4.69, 9.17) is 0 Å². The molecule has 72 valence electrons. The van der Waals surface area contributed by atoms with Crippen LogP contribution in [0.5, 0.6) is 0 Å². The van der Waals surface area contributed by atoms with Crippen LogP contribution in [0, 0.1) is 19.7 Å². The fraction of sp³-hybridized carbons (Fsp3) is 0.500.